The van der Waals surface area contributed by atoms with Crippen molar-refractivity contribution >= 4 is 22.9 Å². The van der Waals surface area contributed by atoms with E-state index in [1.165, 1.54) is 4.90 Å². The number of methoxy groups -OCH3 is 1. The van der Waals surface area contributed by atoms with Crippen molar-refractivity contribution in [1.82, 2.24) is 5.16 Å². The Morgan fingerprint density at radius 3 is 2.88 bits per heavy atom. The van der Waals surface area contributed by atoms with Gasteiger partial charge in [0, 0.05) is 13.2 Å². The van der Waals surface area contributed by atoms with Crippen LogP contribution in [0.15, 0.2) is 53.1 Å². The molecule has 4 rings (SSSR count). The van der Waals surface area contributed by atoms with E-state index in [0.29, 0.717) is 30.4 Å². The van der Waals surface area contributed by atoms with E-state index in [1.54, 1.807) is 13.2 Å². The van der Waals surface area contributed by atoms with Crippen LogP contribution in [0.3, 0.4) is 0 Å². The highest BCUT2D eigenvalue weighted by molar-refractivity contribution is 5.99. The van der Waals surface area contributed by atoms with Gasteiger partial charge in [0.2, 0.25) is 0 Å². The number of aromatic nitrogens is 1. The summed E-state index contributed by atoms with van der Waals surface area (Å²) in [7, 11) is 1.58. The van der Waals surface area contributed by atoms with E-state index in [1.807, 2.05) is 42.5 Å². The molecule has 0 N–H and O–H groups in total. The lowest BCUT2D eigenvalue weighted by molar-refractivity contribution is 0.156. The van der Waals surface area contributed by atoms with Gasteiger partial charge in [0.05, 0.1) is 18.0 Å². The van der Waals surface area contributed by atoms with Crippen LogP contribution in [0.5, 0.6) is 5.75 Å². The average molecular weight is 354 g/mol. The van der Waals surface area contributed by atoms with Gasteiger partial charge in [-0.15, -0.1) is 0 Å². The van der Waals surface area contributed by atoms with E-state index in [4.69, 9.17) is 18.7 Å². The Morgan fingerprint density at radius 2 is 2.08 bits per heavy atom. The van der Waals surface area contributed by atoms with Gasteiger partial charge in [-0.25, -0.2) is 9.69 Å². The summed E-state index contributed by atoms with van der Waals surface area (Å²) < 4.78 is 21.5. The first kappa shape index (κ1) is 16.4. The predicted octanol–water partition coefficient (Wildman–Crippen LogP) is 3.38. The summed E-state index contributed by atoms with van der Waals surface area (Å²) in [5.74, 6) is 1.10. The van der Waals surface area contributed by atoms with Gasteiger partial charge in [-0.1, -0.05) is 35.5 Å². The predicted molar refractivity (Wildman–Crippen MR) is 94.3 cm³/mol. The molecule has 1 aliphatic rings. The van der Waals surface area contributed by atoms with Gasteiger partial charge < -0.3 is 18.7 Å². The van der Waals surface area contributed by atoms with Crippen molar-refractivity contribution in [3.05, 3.63) is 54.1 Å². The van der Waals surface area contributed by atoms with E-state index in [-0.39, 0.29) is 12.6 Å². The quantitative estimate of drug-likeness (QED) is 0.676. The highest BCUT2D eigenvalue weighted by atomic mass is 16.6. The molecule has 0 radical (unpaired) electrons. The van der Waals surface area contributed by atoms with Crippen LogP contribution in [0, 0.1) is 0 Å². The fraction of sp³-hybridized carbons (Fsp3) is 0.263. The second-order valence-electron chi connectivity index (χ2n) is 5.99. The Morgan fingerprint density at radius 1 is 1.23 bits per heavy atom. The van der Waals surface area contributed by atoms with Gasteiger partial charge in [0.1, 0.15) is 19.0 Å². The maximum Gasteiger partial charge on any atom is 0.416 e. The molecule has 0 saturated carbocycles. The molecule has 1 fully saturated rings. The highest BCUT2D eigenvalue weighted by Gasteiger charge is 2.37. The SMILES string of the molecule is COC[C@@H]1COC(=O)N1c1noc2cc(OCc3ccccc3)ccc12. The summed E-state index contributed by atoms with van der Waals surface area (Å²) in [5.41, 5.74) is 1.62. The molecule has 7 nitrogen and oxygen atoms in total. The Hall–Kier alpha value is -3.06. The van der Waals surface area contributed by atoms with Gasteiger partial charge in [0.15, 0.2) is 11.4 Å². The maximum absolute atomic E-state index is 12.1. The average Bonchev–Trinajstić information content (AvgIpc) is 3.24. The fourth-order valence-electron chi connectivity index (χ4n) is 2.94. The largest absolute Gasteiger partial charge is 0.489 e. The molecule has 0 aliphatic carbocycles. The van der Waals surface area contributed by atoms with Crippen molar-refractivity contribution in [2.75, 3.05) is 25.2 Å². The number of fused-ring (bicyclic) bond motifs is 1. The molecule has 1 aliphatic heterocycles. The number of hydrogen-bond acceptors (Lipinski definition) is 6. The van der Waals surface area contributed by atoms with E-state index < -0.39 is 6.09 Å². The Kier molecular flexibility index (Phi) is 4.45. The van der Waals surface area contributed by atoms with Crippen LogP contribution in [0.1, 0.15) is 5.56 Å². The standard InChI is InChI=1S/C19H18N2O5/c1-23-11-14-12-25-19(22)21(14)18-16-8-7-15(9-17(16)26-20-18)24-10-13-5-3-2-4-6-13/h2-9,14H,10-12H2,1H3/t14-/m1/s1. The van der Waals surface area contributed by atoms with E-state index in [9.17, 15) is 4.79 Å². The number of carbonyl (C=O) groups excluding carboxylic acids is 1. The smallest absolute Gasteiger partial charge is 0.416 e. The number of benzene rings is 2. The Bertz CT molecular complexity index is 909. The number of ether oxygens (including phenoxy) is 3. The summed E-state index contributed by atoms with van der Waals surface area (Å²) in [6, 6.07) is 15.1. The molecule has 1 atom stereocenters. The molecule has 7 heteroatoms. The molecule has 1 saturated heterocycles. The molecule has 134 valence electrons. The number of cyclic esters (lactones) is 1. The van der Waals surface area contributed by atoms with Gasteiger partial charge in [-0.05, 0) is 17.7 Å². The lowest BCUT2D eigenvalue weighted by Crippen LogP contribution is -2.36. The molecule has 1 amide bonds. The number of carbonyl (C=O) groups is 1. The minimum Gasteiger partial charge on any atom is -0.489 e. The topological polar surface area (TPSA) is 74.0 Å². The van der Waals surface area contributed by atoms with Crippen LogP contribution in [0.25, 0.3) is 11.0 Å². The van der Waals surface area contributed by atoms with E-state index >= 15 is 0 Å². The molecule has 1 aromatic heterocycles. The molecular weight excluding hydrogens is 336 g/mol. The van der Waals surface area contributed by atoms with Gasteiger partial charge in [-0.2, -0.15) is 0 Å². The molecule has 2 heterocycles. The minimum absolute atomic E-state index is 0.227. The molecule has 2 aromatic carbocycles. The number of hydrogen-bond donors (Lipinski definition) is 0. The summed E-state index contributed by atoms with van der Waals surface area (Å²) >= 11 is 0. The number of amides is 1. The zero-order valence-corrected chi connectivity index (χ0v) is 14.3. The van der Waals surface area contributed by atoms with Crippen molar-refractivity contribution in [3.63, 3.8) is 0 Å². The first-order valence-corrected chi connectivity index (χ1v) is 8.27. The van der Waals surface area contributed by atoms with Crippen LogP contribution in [-0.4, -0.2) is 37.6 Å². The first-order valence-electron chi connectivity index (χ1n) is 8.27. The van der Waals surface area contributed by atoms with Crippen molar-refractivity contribution in [1.29, 1.82) is 0 Å². The monoisotopic (exact) mass is 354 g/mol. The van der Waals surface area contributed by atoms with Crippen molar-refractivity contribution in [2.45, 2.75) is 12.6 Å². The maximum atomic E-state index is 12.1. The van der Waals surface area contributed by atoms with Crippen molar-refractivity contribution in [2.24, 2.45) is 0 Å². The van der Waals surface area contributed by atoms with Crippen molar-refractivity contribution < 1.29 is 23.5 Å². The summed E-state index contributed by atoms with van der Waals surface area (Å²) in [6.07, 6.45) is -0.452. The Balaban J connectivity index is 1.56. The number of anilines is 1. The van der Waals surface area contributed by atoms with Gasteiger partial charge >= 0.3 is 6.09 Å². The van der Waals surface area contributed by atoms with Crippen molar-refractivity contribution in [3.8, 4) is 5.75 Å². The molecule has 3 aromatic rings. The first-order chi connectivity index (χ1) is 12.8. The summed E-state index contributed by atoms with van der Waals surface area (Å²) in [4.78, 5) is 13.5. The third kappa shape index (κ3) is 3.09. The van der Waals surface area contributed by atoms with E-state index in [2.05, 4.69) is 5.16 Å². The van der Waals surface area contributed by atoms with Crippen LogP contribution in [0.4, 0.5) is 10.6 Å². The zero-order valence-electron chi connectivity index (χ0n) is 14.3. The van der Waals surface area contributed by atoms with Gasteiger partial charge in [0.25, 0.3) is 0 Å². The van der Waals surface area contributed by atoms with Crippen LogP contribution >= 0.6 is 0 Å². The lowest BCUT2D eigenvalue weighted by Gasteiger charge is -2.17. The Labute approximate surface area is 150 Å². The summed E-state index contributed by atoms with van der Waals surface area (Å²) in [5, 5.41) is 4.78. The summed E-state index contributed by atoms with van der Waals surface area (Å²) in [6.45, 7) is 1.08. The fourth-order valence-corrected chi connectivity index (χ4v) is 2.94. The molecular formula is C19H18N2O5. The number of nitrogens with zero attached hydrogens (tertiary/aromatic N) is 2. The highest BCUT2D eigenvalue weighted by Crippen LogP contribution is 2.32. The molecule has 0 bridgehead atoms. The third-order valence-electron chi connectivity index (χ3n) is 4.22. The lowest BCUT2D eigenvalue weighted by atomic mass is 10.2. The molecule has 0 spiro atoms. The third-order valence-corrected chi connectivity index (χ3v) is 4.22. The second-order valence-corrected chi connectivity index (χ2v) is 5.99. The zero-order chi connectivity index (χ0) is 17.9. The van der Waals surface area contributed by atoms with Gasteiger partial charge in [-0.3, -0.25) is 0 Å². The molecule has 26 heavy (non-hydrogen) atoms. The minimum atomic E-state index is -0.452. The van der Waals surface area contributed by atoms with Crippen LogP contribution in [-0.2, 0) is 16.1 Å². The molecule has 0 unspecified atom stereocenters. The van der Waals surface area contributed by atoms with E-state index in [0.717, 1.165) is 10.9 Å². The number of rotatable bonds is 6. The second kappa shape index (κ2) is 7.05. The van der Waals surface area contributed by atoms with Crippen LogP contribution < -0.4 is 9.64 Å². The normalized spacial score (nSPS) is 16.9. The van der Waals surface area contributed by atoms with Crippen LogP contribution in [0.2, 0.25) is 0 Å².